The Morgan fingerprint density at radius 3 is 2.65 bits per heavy atom. The minimum atomic E-state index is 0.168. The van der Waals surface area contributed by atoms with E-state index in [9.17, 15) is 5.26 Å². The lowest BCUT2D eigenvalue weighted by atomic mass is 10.2. The molecule has 6 nitrogen and oxygen atoms in total. The van der Waals surface area contributed by atoms with Crippen LogP contribution in [0.5, 0.6) is 5.75 Å². The largest absolute Gasteiger partial charge is 0.484 e. The molecule has 0 bridgehead atoms. The summed E-state index contributed by atoms with van der Waals surface area (Å²) in [6, 6.07) is 16.6. The number of aromatic nitrogens is 3. The van der Waals surface area contributed by atoms with E-state index in [1.165, 1.54) is 6.20 Å². The van der Waals surface area contributed by atoms with Crippen molar-refractivity contribution in [3.05, 3.63) is 86.9 Å². The summed E-state index contributed by atoms with van der Waals surface area (Å²) in [7, 11) is 0. The predicted octanol–water partition coefficient (Wildman–Crippen LogP) is 5.42. The molecule has 0 saturated carbocycles. The highest BCUT2D eigenvalue weighted by molar-refractivity contribution is 6.33. The first-order valence-electron chi connectivity index (χ1n) is 9.31. The molecule has 0 spiro atoms. The molecule has 0 unspecified atom stereocenters. The van der Waals surface area contributed by atoms with E-state index in [-0.39, 0.29) is 6.61 Å². The van der Waals surface area contributed by atoms with Gasteiger partial charge in [-0.2, -0.15) is 10.5 Å². The van der Waals surface area contributed by atoms with Gasteiger partial charge in [0.2, 0.25) is 0 Å². The highest BCUT2D eigenvalue weighted by atomic mass is 35.5. The van der Waals surface area contributed by atoms with Gasteiger partial charge >= 0.3 is 0 Å². The molecule has 4 rings (SSSR count). The molecule has 8 heteroatoms. The lowest BCUT2D eigenvalue weighted by molar-refractivity contribution is 0.290. The molecule has 2 heterocycles. The van der Waals surface area contributed by atoms with Crippen molar-refractivity contribution < 1.29 is 4.74 Å². The van der Waals surface area contributed by atoms with E-state index in [1.807, 2.05) is 16.7 Å². The van der Waals surface area contributed by atoms with Crippen LogP contribution in [0.2, 0.25) is 10.0 Å². The second kappa shape index (κ2) is 8.65. The average Bonchev–Trinajstić information content (AvgIpc) is 3.11. The van der Waals surface area contributed by atoms with E-state index in [0.29, 0.717) is 39.4 Å². The van der Waals surface area contributed by atoms with Crippen molar-refractivity contribution in [2.45, 2.75) is 20.1 Å². The van der Waals surface area contributed by atoms with Gasteiger partial charge in [0.1, 0.15) is 29.9 Å². The van der Waals surface area contributed by atoms with Gasteiger partial charge in [-0.1, -0.05) is 23.2 Å². The van der Waals surface area contributed by atoms with Crippen molar-refractivity contribution in [2.24, 2.45) is 0 Å². The molecule has 0 aliphatic carbocycles. The Kier molecular flexibility index (Phi) is 5.77. The third-order valence-corrected chi connectivity index (χ3v) is 5.42. The smallest absolute Gasteiger partial charge is 0.148 e. The summed E-state index contributed by atoms with van der Waals surface area (Å²) in [6.45, 7) is 2.38. The van der Waals surface area contributed by atoms with E-state index in [1.54, 1.807) is 43.3 Å². The van der Waals surface area contributed by atoms with Gasteiger partial charge < -0.3 is 9.30 Å². The topological polar surface area (TPSA) is 87.5 Å². The zero-order valence-electron chi connectivity index (χ0n) is 16.4. The lowest BCUT2D eigenvalue weighted by Crippen LogP contribution is -2.09. The number of imidazole rings is 1. The molecule has 0 amide bonds. The highest BCUT2D eigenvalue weighted by Crippen LogP contribution is 2.26. The minimum absolute atomic E-state index is 0.168. The van der Waals surface area contributed by atoms with Crippen molar-refractivity contribution in [2.75, 3.05) is 0 Å². The first kappa shape index (κ1) is 20.7. The zero-order valence-corrected chi connectivity index (χ0v) is 17.9. The fourth-order valence-corrected chi connectivity index (χ4v) is 3.63. The van der Waals surface area contributed by atoms with Gasteiger partial charge in [0.15, 0.2) is 0 Å². The maximum absolute atomic E-state index is 9.31. The second-order valence-electron chi connectivity index (χ2n) is 6.90. The maximum Gasteiger partial charge on any atom is 0.148 e. The molecule has 0 saturated heterocycles. The Balaban J connectivity index is 1.73. The van der Waals surface area contributed by atoms with Crippen molar-refractivity contribution >= 4 is 34.2 Å². The van der Waals surface area contributed by atoms with Crippen LogP contribution in [0.15, 0.2) is 48.7 Å². The van der Waals surface area contributed by atoms with Gasteiger partial charge in [-0.15, -0.1) is 0 Å². The maximum atomic E-state index is 9.31. The number of ether oxygens (including phenoxy) is 1. The van der Waals surface area contributed by atoms with Crippen LogP contribution in [0.25, 0.3) is 11.0 Å². The molecule has 2 aromatic carbocycles. The van der Waals surface area contributed by atoms with Crippen LogP contribution in [0, 0.1) is 29.6 Å². The van der Waals surface area contributed by atoms with Crippen molar-refractivity contribution in [3.63, 3.8) is 0 Å². The first-order chi connectivity index (χ1) is 15.0. The zero-order chi connectivity index (χ0) is 22.0. The van der Waals surface area contributed by atoms with E-state index in [2.05, 4.69) is 16.0 Å². The van der Waals surface area contributed by atoms with Crippen LogP contribution in [0.3, 0.4) is 0 Å². The molecular weight excluding hydrogens is 433 g/mol. The average molecular weight is 448 g/mol. The normalized spacial score (nSPS) is 10.6. The quantitative estimate of drug-likeness (QED) is 0.407. The molecule has 2 aromatic heterocycles. The molecular formula is C23H15Cl2N5O. The van der Waals surface area contributed by atoms with Gasteiger partial charge in [0.05, 0.1) is 35.4 Å². The van der Waals surface area contributed by atoms with Crippen LogP contribution < -0.4 is 4.74 Å². The Bertz CT molecular complexity index is 1380. The van der Waals surface area contributed by atoms with Gasteiger partial charge in [0.25, 0.3) is 0 Å². The monoisotopic (exact) mass is 447 g/mol. The third kappa shape index (κ3) is 4.32. The number of benzene rings is 2. The van der Waals surface area contributed by atoms with Crippen LogP contribution in [-0.4, -0.2) is 14.5 Å². The van der Waals surface area contributed by atoms with Crippen LogP contribution >= 0.6 is 23.2 Å². The lowest BCUT2D eigenvalue weighted by Gasteiger charge is -2.12. The van der Waals surface area contributed by atoms with Crippen LogP contribution in [0.1, 0.15) is 28.2 Å². The fourth-order valence-electron chi connectivity index (χ4n) is 3.26. The number of nitrogens with zero attached hydrogens (tertiary/aromatic N) is 5. The Morgan fingerprint density at radius 2 is 1.90 bits per heavy atom. The number of fused-ring (bicyclic) bond motifs is 1. The van der Waals surface area contributed by atoms with E-state index < -0.39 is 0 Å². The number of hydrogen-bond acceptors (Lipinski definition) is 5. The molecule has 0 aliphatic heterocycles. The summed E-state index contributed by atoms with van der Waals surface area (Å²) < 4.78 is 7.87. The van der Waals surface area contributed by atoms with Crippen molar-refractivity contribution in [3.8, 4) is 17.9 Å². The van der Waals surface area contributed by atoms with Gasteiger partial charge in [-0.25, -0.2) is 9.97 Å². The molecule has 152 valence electrons. The molecule has 31 heavy (non-hydrogen) atoms. The third-order valence-electron chi connectivity index (χ3n) is 4.82. The standard InChI is InChI=1S/C23H15Cl2N5O/c1-14-6-18(11-28-21(14)10-27)31-13-23-29-20-5-2-15(9-26)7-22(20)30(23)12-16-8-17(24)3-4-19(16)25/h2-8,11H,12-13H2,1H3. The highest BCUT2D eigenvalue weighted by Gasteiger charge is 2.15. The van der Waals surface area contributed by atoms with E-state index >= 15 is 0 Å². The molecule has 0 fully saturated rings. The first-order valence-corrected chi connectivity index (χ1v) is 10.1. The number of hydrogen-bond donors (Lipinski definition) is 0. The predicted molar refractivity (Wildman–Crippen MR) is 118 cm³/mol. The van der Waals surface area contributed by atoms with Gasteiger partial charge in [0, 0.05) is 10.0 Å². The minimum Gasteiger partial charge on any atom is -0.484 e. The SMILES string of the molecule is Cc1cc(OCc2nc3ccc(C#N)cc3n2Cc2cc(Cl)ccc2Cl)cnc1C#N. The Morgan fingerprint density at radius 1 is 1.06 bits per heavy atom. The summed E-state index contributed by atoms with van der Waals surface area (Å²) >= 11 is 12.5. The summed E-state index contributed by atoms with van der Waals surface area (Å²) in [5, 5.41) is 19.5. The number of rotatable bonds is 5. The van der Waals surface area contributed by atoms with E-state index in [0.717, 1.165) is 22.2 Å². The van der Waals surface area contributed by atoms with Crippen LogP contribution in [0.4, 0.5) is 0 Å². The van der Waals surface area contributed by atoms with Crippen LogP contribution in [-0.2, 0) is 13.2 Å². The van der Waals surface area contributed by atoms with Crippen molar-refractivity contribution in [1.29, 1.82) is 10.5 Å². The molecule has 0 atom stereocenters. The second-order valence-corrected chi connectivity index (χ2v) is 7.75. The van der Waals surface area contributed by atoms with Gasteiger partial charge in [-0.3, -0.25) is 0 Å². The summed E-state index contributed by atoms with van der Waals surface area (Å²) in [6.07, 6.45) is 1.51. The molecule has 0 aliphatic rings. The fraction of sp³-hybridized carbons (Fsp3) is 0.130. The number of aryl methyl sites for hydroxylation is 1. The van der Waals surface area contributed by atoms with Gasteiger partial charge in [-0.05, 0) is 60.5 Å². The Labute approximate surface area is 188 Å². The summed E-state index contributed by atoms with van der Waals surface area (Å²) in [5.74, 6) is 1.19. The molecule has 0 N–H and O–H groups in total. The summed E-state index contributed by atoms with van der Waals surface area (Å²) in [4.78, 5) is 8.79. The summed E-state index contributed by atoms with van der Waals surface area (Å²) in [5.41, 5.74) is 3.99. The Hall–Kier alpha value is -3.58. The molecule has 0 radical (unpaired) electrons. The number of nitriles is 2. The number of pyridine rings is 1. The van der Waals surface area contributed by atoms with Crippen molar-refractivity contribution in [1.82, 2.24) is 14.5 Å². The van der Waals surface area contributed by atoms with E-state index in [4.69, 9.17) is 33.2 Å². The molecule has 4 aromatic rings. The number of halogens is 2.